The van der Waals surface area contributed by atoms with E-state index < -0.39 is 0 Å². The Morgan fingerprint density at radius 3 is 2.13 bits per heavy atom. The van der Waals surface area contributed by atoms with Crippen LogP contribution in [0.25, 0.3) is 67.3 Å². The van der Waals surface area contributed by atoms with Crippen molar-refractivity contribution in [2.75, 3.05) is 4.90 Å². The second kappa shape index (κ2) is 10.6. The van der Waals surface area contributed by atoms with Crippen molar-refractivity contribution < 1.29 is 4.42 Å². The lowest BCUT2D eigenvalue weighted by atomic mass is 9.98. The fraction of sp³-hybridized carbons (Fsp3) is 0. The summed E-state index contributed by atoms with van der Waals surface area (Å²) < 4.78 is 6.59. The summed E-state index contributed by atoms with van der Waals surface area (Å²) in [5.74, 6) is 1.52. The number of hydrogen-bond acceptors (Lipinski definition) is 4. The van der Waals surface area contributed by atoms with Gasteiger partial charge >= 0.3 is 0 Å². The van der Waals surface area contributed by atoms with Crippen molar-refractivity contribution in [1.29, 1.82) is 0 Å². The van der Waals surface area contributed by atoms with Gasteiger partial charge in [0, 0.05) is 38.9 Å². The molecule has 0 radical (unpaired) electrons. The van der Waals surface area contributed by atoms with Gasteiger partial charge in [0.15, 0.2) is 5.82 Å². The summed E-state index contributed by atoms with van der Waals surface area (Å²) >= 11 is 0. The fourth-order valence-corrected chi connectivity index (χ4v) is 6.41. The molecular formula is C42H25N3O. The lowest BCUT2D eigenvalue weighted by Crippen LogP contribution is -2.11. The second-order valence-electron chi connectivity index (χ2n) is 11.3. The Hall–Kier alpha value is -6.44. The molecule has 3 heterocycles. The third-order valence-corrected chi connectivity index (χ3v) is 8.48. The van der Waals surface area contributed by atoms with Gasteiger partial charge in [0.1, 0.15) is 11.3 Å². The molecule has 46 heavy (non-hydrogen) atoms. The van der Waals surface area contributed by atoms with E-state index in [0.717, 1.165) is 78.6 Å². The zero-order valence-corrected chi connectivity index (χ0v) is 24.7. The average Bonchev–Trinajstić information content (AvgIpc) is 3.47. The predicted octanol–water partition coefficient (Wildman–Crippen LogP) is 10.9. The highest BCUT2D eigenvalue weighted by Gasteiger charge is 2.30. The molecule has 4 nitrogen and oxygen atoms in total. The molecular weight excluding hydrogens is 562 g/mol. The van der Waals surface area contributed by atoms with E-state index in [1.54, 1.807) is 0 Å². The number of benzene rings is 5. The maximum atomic E-state index is 6.59. The Kier molecular flexibility index (Phi) is 6.01. The van der Waals surface area contributed by atoms with Gasteiger partial charge in [-0.15, -0.1) is 0 Å². The molecule has 0 saturated heterocycles. The van der Waals surface area contributed by atoms with Crippen LogP contribution in [0.15, 0.2) is 156 Å². The van der Waals surface area contributed by atoms with E-state index in [1.165, 1.54) is 0 Å². The minimum atomic E-state index is 0.643. The van der Waals surface area contributed by atoms with Crippen LogP contribution in [0.4, 0.5) is 17.1 Å². The quantitative estimate of drug-likeness (QED) is 0.205. The molecule has 1 aliphatic rings. The van der Waals surface area contributed by atoms with Crippen LogP contribution in [-0.4, -0.2) is 9.97 Å². The van der Waals surface area contributed by atoms with Gasteiger partial charge in [-0.05, 0) is 54.6 Å². The van der Waals surface area contributed by atoms with Crippen LogP contribution in [0.1, 0.15) is 0 Å². The summed E-state index contributed by atoms with van der Waals surface area (Å²) in [5, 5.41) is 1.10. The summed E-state index contributed by atoms with van der Waals surface area (Å²) in [6.07, 6.45) is 0. The molecule has 0 bridgehead atoms. The number of furan rings is 1. The van der Waals surface area contributed by atoms with E-state index in [2.05, 4.69) is 114 Å². The average molecular weight is 588 g/mol. The highest BCUT2D eigenvalue weighted by molar-refractivity contribution is 6.10. The predicted molar refractivity (Wildman–Crippen MR) is 185 cm³/mol. The normalized spacial score (nSPS) is 11.7. The van der Waals surface area contributed by atoms with Crippen molar-refractivity contribution in [3.8, 4) is 56.4 Å². The van der Waals surface area contributed by atoms with E-state index in [4.69, 9.17) is 14.4 Å². The lowest BCUT2D eigenvalue weighted by molar-refractivity contribution is 0.633. The number of rotatable bonds is 4. The Morgan fingerprint density at radius 2 is 1.28 bits per heavy atom. The Morgan fingerprint density at radius 1 is 0.565 bits per heavy atom. The first-order valence-corrected chi connectivity index (χ1v) is 15.3. The van der Waals surface area contributed by atoms with E-state index in [-0.39, 0.29) is 0 Å². The van der Waals surface area contributed by atoms with E-state index in [1.807, 2.05) is 54.6 Å². The van der Waals surface area contributed by atoms with Gasteiger partial charge in [-0.3, -0.25) is 0 Å². The second-order valence-corrected chi connectivity index (χ2v) is 11.3. The summed E-state index contributed by atoms with van der Waals surface area (Å²) in [6.45, 7) is 0. The zero-order valence-electron chi connectivity index (χ0n) is 24.7. The van der Waals surface area contributed by atoms with Crippen LogP contribution in [0, 0.1) is 12.1 Å². The maximum absolute atomic E-state index is 6.59. The molecule has 2 aromatic heterocycles. The van der Waals surface area contributed by atoms with Crippen molar-refractivity contribution >= 4 is 28.0 Å². The number of anilines is 3. The van der Waals surface area contributed by atoms with Gasteiger partial charge in [0.05, 0.1) is 28.3 Å². The van der Waals surface area contributed by atoms with E-state index >= 15 is 0 Å². The maximum Gasteiger partial charge on any atom is 0.160 e. The molecule has 0 N–H and O–H groups in total. The van der Waals surface area contributed by atoms with Gasteiger partial charge in [-0.25, -0.2) is 9.97 Å². The topological polar surface area (TPSA) is 42.2 Å². The van der Waals surface area contributed by atoms with Gasteiger partial charge in [-0.2, -0.15) is 0 Å². The minimum Gasteiger partial charge on any atom is -0.455 e. The number of para-hydroxylation sites is 3. The molecule has 0 atom stereocenters. The molecule has 0 fully saturated rings. The fourth-order valence-electron chi connectivity index (χ4n) is 6.41. The Balaban J connectivity index is 1.25. The van der Waals surface area contributed by atoms with Gasteiger partial charge < -0.3 is 9.32 Å². The molecule has 4 heteroatoms. The lowest BCUT2D eigenvalue weighted by Gasteiger charge is -2.27. The smallest absolute Gasteiger partial charge is 0.160 e. The molecule has 6 aromatic carbocycles. The minimum absolute atomic E-state index is 0.643. The SMILES string of the molecule is c1cccc(-c2cc(-c3ccccc3)nc(-c3cccc(N4c5ccccc5-c5oc6ccccc6c5-c5ccccc54)c3)n2)c#1. The number of fused-ring (bicyclic) bond motifs is 7. The number of nitrogens with zero attached hydrogens (tertiary/aromatic N) is 3. The molecule has 0 unspecified atom stereocenters. The van der Waals surface area contributed by atoms with Crippen molar-refractivity contribution in [2.45, 2.75) is 0 Å². The van der Waals surface area contributed by atoms with Crippen molar-refractivity contribution in [2.24, 2.45) is 0 Å². The first kappa shape index (κ1) is 26.0. The van der Waals surface area contributed by atoms with Crippen LogP contribution in [0.5, 0.6) is 0 Å². The standard InChI is InChI=1S/C42H25N3O/c1-3-14-28(15-4-1)35-27-36(29-16-5-2-6-17-29)44-42(43-35)30-18-13-19-31(26-30)45-37-23-10-7-20-32(37)40-34-22-9-12-25-39(34)46-41(40)33-21-8-11-24-38(33)45/h1-5,7-16,18-27H. The molecule has 1 aliphatic heterocycles. The number of hydrogen-bond donors (Lipinski definition) is 0. The van der Waals surface area contributed by atoms with Crippen LogP contribution < -0.4 is 4.90 Å². The van der Waals surface area contributed by atoms with Crippen LogP contribution in [-0.2, 0) is 0 Å². The van der Waals surface area contributed by atoms with Crippen LogP contribution >= 0.6 is 0 Å². The summed E-state index contributed by atoms with van der Waals surface area (Å²) in [4.78, 5) is 12.5. The third kappa shape index (κ3) is 4.26. The molecule has 214 valence electrons. The van der Waals surface area contributed by atoms with Gasteiger partial charge in [-0.1, -0.05) is 109 Å². The van der Waals surface area contributed by atoms with Crippen molar-refractivity contribution in [3.63, 3.8) is 0 Å². The highest BCUT2D eigenvalue weighted by atomic mass is 16.3. The largest absolute Gasteiger partial charge is 0.455 e. The molecule has 9 rings (SSSR count). The van der Waals surface area contributed by atoms with Gasteiger partial charge in [0.2, 0.25) is 0 Å². The van der Waals surface area contributed by atoms with Crippen LogP contribution in [0.2, 0.25) is 0 Å². The molecule has 0 saturated carbocycles. The number of aromatic nitrogens is 2. The first-order chi connectivity index (χ1) is 22.8. The highest BCUT2D eigenvalue weighted by Crippen LogP contribution is 2.53. The van der Waals surface area contributed by atoms with Crippen molar-refractivity contribution in [1.82, 2.24) is 9.97 Å². The van der Waals surface area contributed by atoms with Gasteiger partial charge in [0.25, 0.3) is 0 Å². The monoisotopic (exact) mass is 587 g/mol. The Bertz CT molecular complexity index is 2320. The molecule has 0 amide bonds. The van der Waals surface area contributed by atoms with Crippen LogP contribution in [0.3, 0.4) is 0 Å². The first-order valence-electron chi connectivity index (χ1n) is 15.3. The third-order valence-electron chi connectivity index (χ3n) is 8.48. The summed E-state index contributed by atoms with van der Waals surface area (Å²) in [6, 6.07) is 58.1. The molecule has 0 aliphatic carbocycles. The van der Waals surface area contributed by atoms with E-state index in [9.17, 15) is 0 Å². The summed E-state index contributed by atoms with van der Waals surface area (Å²) in [5.41, 5.74) is 11.7. The van der Waals surface area contributed by atoms with E-state index in [0.29, 0.717) is 5.82 Å². The molecule has 0 spiro atoms. The zero-order chi connectivity index (χ0) is 30.5. The summed E-state index contributed by atoms with van der Waals surface area (Å²) in [7, 11) is 0. The Labute approximate surface area is 266 Å². The van der Waals surface area contributed by atoms with Crippen molar-refractivity contribution in [3.05, 3.63) is 164 Å². The molecule has 8 aromatic rings.